The van der Waals surface area contributed by atoms with E-state index in [1.807, 2.05) is 45.9 Å². The molecule has 0 atom stereocenters. The van der Waals surface area contributed by atoms with Crippen LogP contribution in [0.3, 0.4) is 0 Å². The van der Waals surface area contributed by atoms with Gasteiger partial charge in [0.1, 0.15) is 28.4 Å². The standard InChI is InChI=1S/C48H37Cl2N3O9/c1-5-51-35-19-39-31(13-22(35)3)42(32-14-23(4)36(52-6-2)20-40(32)62-39)44-43(48(59)60)34(49)18-33(45(44)50)46(56)53-21-24-7-10-27(30(15-24)47(57)58)41-28-11-8-25(54)16-37(28)61-38-17-26(55)9-12-29(38)41/h7-20,51,54H,5-6,21H2,1-4H3,(H,53,56)(H,57,58)(H,59,60)/b52-36-. The molecule has 2 aliphatic heterocycles. The third-order valence-corrected chi connectivity index (χ3v) is 11.4. The fourth-order valence-corrected chi connectivity index (χ4v) is 8.55. The number of nitrogens with zero attached hydrogens (tertiary/aromatic N) is 1. The Kier molecular flexibility index (Phi) is 11.0. The number of aryl methyl sites for hydroxylation is 2. The molecule has 0 unspecified atom stereocenters. The van der Waals surface area contributed by atoms with E-state index in [0.717, 1.165) is 16.8 Å². The lowest BCUT2D eigenvalue weighted by atomic mass is 9.88. The quantitative estimate of drug-likeness (QED) is 0.0826. The number of carbonyl (C=O) groups excluding carboxylic acids is 1. The van der Waals surface area contributed by atoms with E-state index in [1.165, 1.54) is 36.4 Å². The van der Waals surface area contributed by atoms with Crippen molar-refractivity contribution in [3.05, 3.63) is 144 Å². The number of carbonyl (C=O) groups is 3. The molecule has 0 aromatic heterocycles. The summed E-state index contributed by atoms with van der Waals surface area (Å²) in [4.78, 5) is 57.0. The summed E-state index contributed by atoms with van der Waals surface area (Å²) in [7, 11) is 0. The molecule has 62 heavy (non-hydrogen) atoms. The lowest BCUT2D eigenvalue weighted by molar-refractivity contribution is 0.0687. The number of aromatic hydroxyl groups is 1. The predicted octanol–water partition coefficient (Wildman–Crippen LogP) is 10.4. The van der Waals surface area contributed by atoms with Crippen LogP contribution >= 0.6 is 23.2 Å². The number of carboxylic acid groups (broad SMARTS) is 2. The van der Waals surface area contributed by atoms with Crippen molar-refractivity contribution in [3.63, 3.8) is 0 Å². The highest BCUT2D eigenvalue weighted by Crippen LogP contribution is 2.48. The molecule has 0 spiro atoms. The Bertz CT molecular complexity index is 3260. The smallest absolute Gasteiger partial charge is 0.337 e. The van der Waals surface area contributed by atoms with Crippen LogP contribution in [0.2, 0.25) is 10.0 Å². The second-order valence-electron chi connectivity index (χ2n) is 14.7. The maximum atomic E-state index is 14.2. The van der Waals surface area contributed by atoms with E-state index in [1.54, 1.807) is 30.3 Å². The van der Waals surface area contributed by atoms with Crippen LogP contribution in [-0.4, -0.2) is 46.3 Å². The van der Waals surface area contributed by atoms with E-state index in [4.69, 9.17) is 32.0 Å². The summed E-state index contributed by atoms with van der Waals surface area (Å²) in [5.41, 5.74) is 4.88. The van der Waals surface area contributed by atoms with Crippen molar-refractivity contribution in [2.45, 2.75) is 34.2 Å². The molecule has 2 heterocycles. The van der Waals surface area contributed by atoms with E-state index < -0.39 is 17.8 Å². The van der Waals surface area contributed by atoms with Gasteiger partial charge in [-0.3, -0.25) is 14.6 Å². The molecule has 312 valence electrons. The average Bonchev–Trinajstić information content (AvgIpc) is 3.22. The number of hydrogen-bond donors (Lipinski definition) is 5. The number of phenols is 1. The minimum atomic E-state index is -1.37. The van der Waals surface area contributed by atoms with Gasteiger partial charge in [0.15, 0.2) is 5.43 Å². The topological polar surface area (TPSA) is 192 Å². The summed E-state index contributed by atoms with van der Waals surface area (Å²) in [6, 6.07) is 21.9. The zero-order valence-corrected chi connectivity index (χ0v) is 35.2. The van der Waals surface area contributed by atoms with Crippen LogP contribution in [0.4, 0.5) is 5.69 Å². The molecule has 4 aromatic rings. The highest BCUT2D eigenvalue weighted by Gasteiger charge is 2.30. The molecule has 1 amide bonds. The SMILES string of the molecule is CC/N=c1/cc2oc3cc(NCC)c(C)cc3c(-c3c(Cl)c(C(=O)NCc4ccc(-c5c6ccc(=O)cc-6oc6cc(O)ccc56)c(C(=O)O)c4)cc(Cl)c3C(=O)O)c-2cc1C. The van der Waals surface area contributed by atoms with Crippen molar-refractivity contribution in [1.29, 1.82) is 0 Å². The predicted molar refractivity (Wildman–Crippen MR) is 239 cm³/mol. The fraction of sp³-hybridized carbons (Fsp3) is 0.146. The van der Waals surface area contributed by atoms with Crippen molar-refractivity contribution in [3.8, 4) is 50.7 Å². The average molecular weight is 871 g/mol. The van der Waals surface area contributed by atoms with Gasteiger partial charge in [0.25, 0.3) is 5.91 Å². The number of rotatable bonds is 10. The van der Waals surface area contributed by atoms with Gasteiger partial charge in [0.2, 0.25) is 0 Å². The Morgan fingerprint density at radius 1 is 0.710 bits per heavy atom. The zero-order chi connectivity index (χ0) is 44.1. The molecule has 8 rings (SSSR count). The number of halogens is 2. The van der Waals surface area contributed by atoms with E-state index in [2.05, 4.69) is 15.6 Å². The van der Waals surface area contributed by atoms with Gasteiger partial charge in [-0.05, 0) is 98.5 Å². The maximum absolute atomic E-state index is 14.2. The van der Waals surface area contributed by atoms with Gasteiger partial charge in [0.05, 0.1) is 32.1 Å². The summed E-state index contributed by atoms with van der Waals surface area (Å²) in [6.07, 6.45) is 0. The van der Waals surface area contributed by atoms with Crippen LogP contribution in [0.25, 0.3) is 66.8 Å². The van der Waals surface area contributed by atoms with E-state index in [0.29, 0.717) is 73.9 Å². The van der Waals surface area contributed by atoms with Gasteiger partial charge < -0.3 is 34.8 Å². The number of nitrogens with one attached hydrogen (secondary N) is 2. The Morgan fingerprint density at radius 3 is 2.15 bits per heavy atom. The molecule has 0 fully saturated rings. The summed E-state index contributed by atoms with van der Waals surface area (Å²) in [6.45, 7) is 8.69. The molecule has 12 nitrogen and oxygen atoms in total. The highest BCUT2D eigenvalue weighted by atomic mass is 35.5. The van der Waals surface area contributed by atoms with Crippen LogP contribution in [0.1, 0.15) is 61.6 Å². The number of benzene rings is 6. The molecule has 0 bridgehead atoms. The van der Waals surface area contributed by atoms with Crippen molar-refractivity contribution < 1.29 is 38.5 Å². The Balaban J connectivity index is 1.24. The van der Waals surface area contributed by atoms with Gasteiger partial charge in [-0.2, -0.15) is 0 Å². The number of hydrogen-bond acceptors (Lipinski definition) is 9. The molecule has 14 heteroatoms. The van der Waals surface area contributed by atoms with Crippen molar-refractivity contribution in [2.75, 3.05) is 18.4 Å². The summed E-state index contributed by atoms with van der Waals surface area (Å²) < 4.78 is 12.4. The van der Waals surface area contributed by atoms with Gasteiger partial charge in [-0.25, -0.2) is 9.59 Å². The van der Waals surface area contributed by atoms with Gasteiger partial charge in [-0.15, -0.1) is 0 Å². The van der Waals surface area contributed by atoms with Crippen molar-refractivity contribution in [2.24, 2.45) is 4.99 Å². The van der Waals surface area contributed by atoms with Crippen LogP contribution in [0.5, 0.6) is 5.75 Å². The third-order valence-electron chi connectivity index (χ3n) is 10.7. The molecule has 0 saturated heterocycles. The number of amides is 1. The summed E-state index contributed by atoms with van der Waals surface area (Å²) in [5, 5.41) is 38.8. The molecule has 4 aliphatic rings. The normalized spacial score (nSPS) is 11.8. The third kappa shape index (κ3) is 7.37. The van der Waals surface area contributed by atoms with Gasteiger partial charge in [-0.1, -0.05) is 35.3 Å². The lowest BCUT2D eigenvalue weighted by Crippen LogP contribution is -2.24. The number of fused-ring (bicyclic) bond motifs is 4. The van der Waals surface area contributed by atoms with E-state index in [-0.39, 0.29) is 61.4 Å². The minimum Gasteiger partial charge on any atom is -0.508 e. The molecule has 4 aromatic carbocycles. The number of anilines is 1. The molecule has 5 N–H and O–H groups in total. The highest BCUT2D eigenvalue weighted by molar-refractivity contribution is 6.41. The first-order chi connectivity index (χ1) is 29.7. The largest absolute Gasteiger partial charge is 0.508 e. The number of carboxylic acids is 2. The second-order valence-corrected chi connectivity index (χ2v) is 15.5. The Morgan fingerprint density at radius 2 is 1.44 bits per heavy atom. The van der Waals surface area contributed by atoms with Crippen molar-refractivity contribution in [1.82, 2.24) is 5.32 Å². The van der Waals surface area contributed by atoms with Crippen LogP contribution < -0.4 is 21.4 Å². The molecule has 2 aliphatic carbocycles. The fourth-order valence-electron chi connectivity index (χ4n) is 7.94. The van der Waals surface area contributed by atoms with Crippen LogP contribution in [-0.2, 0) is 6.54 Å². The maximum Gasteiger partial charge on any atom is 0.337 e. The Labute approximate surface area is 363 Å². The lowest BCUT2D eigenvalue weighted by Gasteiger charge is -2.22. The van der Waals surface area contributed by atoms with Gasteiger partial charge >= 0.3 is 11.9 Å². The molecular weight excluding hydrogens is 833 g/mol. The summed E-state index contributed by atoms with van der Waals surface area (Å²) in [5.74, 6) is -2.80. The second kappa shape index (κ2) is 16.4. The van der Waals surface area contributed by atoms with Crippen LogP contribution in [0, 0.1) is 13.8 Å². The number of aromatic carboxylic acids is 2. The van der Waals surface area contributed by atoms with E-state index >= 15 is 0 Å². The van der Waals surface area contributed by atoms with E-state index in [9.17, 15) is 34.5 Å². The monoisotopic (exact) mass is 869 g/mol. The summed E-state index contributed by atoms with van der Waals surface area (Å²) >= 11 is 14.0. The van der Waals surface area contributed by atoms with Crippen LogP contribution in [0.15, 0.2) is 104 Å². The Hall–Kier alpha value is -7.15. The first-order valence-corrected chi connectivity index (χ1v) is 20.3. The number of phenolic OH excluding ortho intramolecular Hbond substituents is 1. The zero-order valence-electron chi connectivity index (χ0n) is 33.7. The molecule has 0 radical (unpaired) electrons. The van der Waals surface area contributed by atoms with Crippen molar-refractivity contribution >= 4 is 68.7 Å². The first-order valence-electron chi connectivity index (χ1n) is 19.5. The first kappa shape index (κ1) is 41.6. The minimum absolute atomic E-state index is 0.0155. The van der Waals surface area contributed by atoms with Gasteiger partial charge in [0, 0.05) is 88.2 Å². The molecular formula is C48H37Cl2N3O9. The molecule has 0 saturated carbocycles.